The Morgan fingerprint density at radius 1 is 0.925 bits per heavy atom. The molecule has 208 valence electrons. The van der Waals surface area contributed by atoms with Crippen molar-refractivity contribution in [3.8, 4) is 16.9 Å². The number of nitrogens with one attached hydrogen (secondary N) is 1. The molecule has 0 atom stereocenters. The predicted molar refractivity (Wildman–Crippen MR) is 155 cm³/mol. The SMILES string of the molecule is C/C=C(/C)C(=O)c1cc(O)c(C(=O)N=S(C)(C)=O)cc1C(=O)Nc1cc(-c2ccc(Cl)cc2Cl)ccc1C(=O)O. The first kappa shape index (κ1) is 30.6. The molecule has 2 amide bonds. The van der Waals surface area contributed by atoms with E-state index in [0.29, 0.717) is 16.1 Å². The molecule has 0 aliphatic heterocycles. The van der Waals surface area contributed by atoms with Gasteiger partial charge in [0.25, 0.3) is 11.8 Å². The third-order valence-corrected chi connectivity index (χ3v) is 6.84. The molecule has 3 aromatic rings. The molecule has 40 heavy (non-hydrogen) atoms. The number of rotatable bonds is 7. The zero-order valence-corrected chi connectivity index (χ0v) is 24.1. The van der Waals surface area contributed by atoms with Crippen LogP contribution in [0.25, 0.3) is 11.1 Å². The topological polar surface area (TPSA) is 150 Å². The van der Waals surface area contributed by atoms with Crippen LogP contribution in [0.2, 0.25) is 10.0 Å². The Balaban J connectivity index is 2.20. The number of hydrogen-bond donors (Lipinski definition) is 3. The van der Waals surface area contributed by atoms with Gasteiger partial charge in [0.05, 0.1) is 22.4 Å². The Labute approximate surface area is 240 Å². The number of halogens is 2. The van der Waals surface area contributed by atoms with Crippen LogP contribution in [0.4, 0.5) is 5.69 Å². The number of nitrogens with zero attached hydrogens (tertiary/aromatic N) is 1. The smallest absolute Gasteiger partial charge is 0.337 e. The van der Waals surface area contributed by atoms with Gasteiger partial charge in [-0.3, -0.25) is 14.4 Å². The fraction of sp³-hybridized carbons (Fsp3) is 0.143. The van der Waals surface area contributed by atoms with Gasteiger partial charge in [0, 0.05) is 43.4 Å². The van der Waals surface area contributed by atoms with Crippen LogP contribution in [-0.4, -0.2) is 50.5 Å². The Morgan fingerprint density at radius 3 is 2.17 bits per heavy atom. The average Bonchev–Trinajstić information content (AvgIpc) is 2.86. The standard InChI is InChI=1S/C28H24Cl2N2O7S/c1-5-14(2)25(34)19-13-24(33)21(27(36)32-40(3,4)39)12-20(19)26(35)31-23-10-15(6-8-18(23)28(37)38)17-9-7-16(29)11-22(17)30/h5-13,33H,1-4H3,(H,31,35)(H,37,38)/b14-5-. The van der Waals surface area contributed by atoms with E-state index in [4.69, 9.17) is 23.2 Å². The number of anilines is 1. The number of phenolic OH excluding ortho intramolecular Hbond substituents is 1. The Bertz CT molecular complexity index is 1730. The maximum Gasteiger partial charge on any atom is 0.337 e. The van der Waals surface area contributed by atoms with Crippen molar-refractivity contribution >= 4 is 62.2 Å². The number of carboxylic acids is 1. The molecule has 0 saturated heterocycles. The predicted octanol–water partition coefficient (Wildman–Crippen LogP) is 6.33. The summed E-state index contributed by atoms with van der Waals surface area (Å²) in [6.07, 6.45) is 3.94. The molecule has 0 unspecified atom stereocenters. The Morgan fingerprint density at radius 2 is 1.60 bits per heavy atom. The van der Waals surface area contributed by atoms with Crippen LogP contribution in [0.3, 0.4) is 0 Å². The first-order valence-corrected chi connectivity index (χ1v) is 14.6. The fourth-order valence-corrected chi connectivity index (χ4v) is 4.66. The highest BCUT2D eigenvalue weighted by molar-refractivity contribution is 7.92. The van der Waals surface area contributed by atoms with Gasteiger partial charge in [0.2, 0.25) is 0 Å². The highest BCUT2D eigenvalue weighted by atomic mass is 35.5. The van der Waals surface area contributed by atoms with Crippen LogP contribution < -0.4 is 5.32 Å². The second kappa shape index (κ2) is 12.0. The average molecular weight is 603 g/mol. The van der Waals surface area contributed by atoms with Crippen molar-refractivity contribution in [3.05, 3.63) is 92.5 Å². The fourth-order valence-electron chi connectivity index (χ4n) is 3.64. The first-order valence-electron chi connectivity index (χ1n) is 11.5. The summed E-state index contributed by atoms with van der Waals surface area (Å²) < 4.78 is 15.6. The largest absolute Gasteiger partial charge is 0.507 e. The van der Waals surface area contributed by atoms with Crippen molar-refractivity contribution in [2.45, 2.75) is 13.8 Å². The molecular formula is C28H24Cl2N2O7S. The molecule has 0 aliphatic rings. The van der Waals surface area contributed by atoms with E-state index in [1.165, 1.54) is 49.8 Å². The van der Waals surface area contributed by atoms with E-state index >= 15 is 0 Å². The van der Waals surface area contributed by atoms with Crippen LogP contribution in [-0.2, 0) is 9.73 Å². The third kappa shape index (κ3) is 6.95. The molecule has 0 aliphatic carbocycles. The maximum atomic E-state index is 13.6. The minimum absolute atomic E-state index is 0.127. The highest BCUT2D eigenvalue weighted by Crippen LogP contribution is 2.34. The van der Waals surface area contributed by atoms with Crippen molar-refractivity contribution in [1.29, 1.82) is 0 Å². The number of allylic oxidation sites excluding steroid dienone is 2. The lowest BCUT2D eigenvalue weighted by Gasteiger charge is -2.15. The number of ketones is 1. The number of aromatic hydroxyl groups is 1. The highest BCUT2D eigenvalue weighted by Gasteiger charge is 2.25. The summed E-state index contributed by atoms with van der Waals surface area (Å²) in [6, 6.07) is 10.8. The van der Waals surface area contributed by atoms with E-state index in [1.807, 2.05) is 0 Å². The number of benzene rings is 3. The van der Waals surface area contributed by atoms with Crippen molar-refractivity contribution in [1.82, 2.24) is 0 Å². The first-order chi connectivity index (χ1) is 18.6. The summed E-state index contributed by atoms with van der Waals surface area (Å²) in [4.78, 5) is 51.2. The second-order valence-corrected chi connectivity index (χ2v) is 12.3. The summed E-state index contributed by atoms with van der Waals surface area (Å²) in [7, 11) is -2.91. The van der Waals surface area contributed by atoms with Gasteiger partial charge in [-0.05, 0) is 61.4 Å². The molecular weight excluding hydrogens is 579 g/mol. The third-order valence-electron chi connectivity index (χ3n) is 5.69. The quantitative estimate of drug-likeness (QED) is 0.211. The van der Waals surface area contributed by atoms with E-state index in [-0.39, 0.29) is 33.0 Å². The van der Waals surface area contributed by atoms with Crippen LogP contribution in [0.1, 0.15) is 55.3 Å². The van der Waals surface area contributed by atoms with E-state index in [0.717, 1.165) is 12.1 Å². The van der Waals surface area contributed by atoms with Crippen molar-refractivity contribution in [3.63, 3.8) is 0 Å². The Hall–Kier alpha value is -3.99. The molecule has 0 radical (unpaired) electrons. The summed E-state index contributed by atoms with van der Waals surface area (Å²) >= 11 is 12.3. The van der Waals surface area contributed by atoms with Gasteiger partial charge in [0.1, 0.15) is 5.75 Å². The number of carboxylic acid groups (broad SMARTS) is 1. The van der Waals surface area contributed by atoms with Crippen molar-refractivity contribution in [2.75, 3.05) is 17.8 Å². The van der Waals surface area contributed by atoms with E-state index in [2.05, 4.69) is 9.68 Å². The van der Waals surface area contributed by atoms with Gasteiger partial charge in [0.15, 0.2) is 5.78 Å². The van der Waals surface area contributed by atoms with Gasteiger partial charge < -0.3 is 15.5 Å². The molecule has 9 nitrogen and oxygen atoms in total. The molecule has 3 aromatic carbocycles. The van der Waals surface area contributed by atoms with E-state index in [9.17, 15) is 33.6 Å². The van der Waals surface area contributed by atoms with Crippen molar-refractivity contribution in [2.24, 2.45) is 4.36 Å². The monoisotopic (exact) mass is 602 g/mol. The number of hydrogen-bond acceptors (Lipinski definition) is 6. The Kier molecular flexibility index (Phi) is 9.19. The summed E-state index contributed by atoms with van der Waals surface area (Å²) in [6.45, 7) is 3.11. The van der Waals surface area contributed by atoms with Gasteiger partial charge in [-0.25, -0.2) is 9.00 Å². The van der Waals surface area contributed by atoms with Gasteiger partial charge >= 0.3 is 5.97 Å². The zero-order valence-electron chi connectivity index (χ0n) is 21.7. The zero-order chi connectivity index (χ0) is 29.9. The molecule has 3 N–H and O–H groups in total. The minimum Gasteiger partial charge on any atom is -0.507 e. The van der Waals surface area contributed by atoms with Gasteiger partial charge in [-0.1, -0.05) is 41.4 Å². The number of carbonyl (C=O) groups is 4. The molecule has 0 aromatic heterocycles. The van der Waals surface area contributed by atoms with Crippen LogP contribution >= 0.6 is 23.2 Å². The molecule has 0 spiro atoms. The number of aromatic carboxylic acids is 1. The second-order valence-electron chi connectivity index (χ2n) is 8.94. The van der Waals surface area contributed by atoms with Crippen LogP contribution in [0.15, 0.2) is 64.5 Å². The number of Topliss-reactive ketones (excluding diaryl/α,β-unsaturated/α-hetero) is 1. The van der Waals surface area contributed by atoms with E-state index < -0.39 is 44.6 Å². The van der Waals surface area contributed by atoms with Gasteiger partial charge in [-0.15, -0.1) is 0 Å². The summed E-state index contributed by atoms with van der Waals surface area (Å²) in [5.74, 6) is -4.61. The number of carbonyl (C=O) groups excluding carboxylic acids is 3. The number of phenols is 1. The number of amides is 2. The molecule has 0 heterocycles. The van der Waals surface area contributed by atoms with E-state index in [1.54, 1.807) is 19.1 Å². The lowest BCUT2D eigenvalue weighted by Crippen LogP contribution is -2.20. The van der Waals surface area contributed by atoms with Crippen LogP contribution in [0.5, 0.6) is 5.75 Å². The lowest BCUT2D eigenvalue weighted by molar-refractivity contribution is 0.0697. The normalized spacial score (nSPS) is 11.6. The molecule has 0 saturated carbocycles. The summed E-state index contributed by atoms with van der Waals surface area (Å²) in [5, 5.41) is 23.4. The molecule has 3 rings (SSSR count). The molecule has 0 bridgehead atoms. The lowest BCUT2D eigenvalue weighted by atomic mass is 9.95. The minimum atomic E-state index is -2.91. The molecule has 12 heteroatoms. The van der Waals surface area contributed by atoms with Crippen LogP contribution in [0, 0.1) is 0 Å². The van der Waals surface area contributed by atoms with Gasteiger partial charge in [-0.2, -0.15) is 4.36 Å². The maximum absolute atomic E-state index is 13.6. The van der Waals surface area contributed by atoms with Crippen molar-refractivity contribution < 1.29 is 33.6 Å². The molecule has 0 fully saturated rings. The summed E-state index contributed by atoms with van der Waals surface area (Å²) in [5.41, 5.74) is -0.218.